The summed E-state index contributed by atoms with van der Waals surface area (Å²) in [6, 6.07) is 11.1. The fourth-order valence-corrected chi connectivity index (χ4v) is 1.95. The van der Waals surface area contributed by atoms with Gasteiger partial charge in [-0.1, -0.05) is 11.6 Å². The van der Waals surface area contributed by atoms with Gasteiger partial charge < -0.3 is 4.42 Å². The molecule has 0 aliphatic carbocycles. The van der Waals surface area contributed by atoms with Crippen LogP contribution in [0, 0.1) is 4.77 Å². The van der Waals surface area contributed by atoms with Gasteiger partial charge in [0.1, 0.15) is 11.5 Å². The number of rotatable bonds is 2. The minimum Gasteiger partial charge on any atom is -0.454 e. The largest absolute Gasteiger partial charge is 0.454 e. The molecule has 19 heavy (non-hydrogen) atoms. The Hall–Kier alpha value is -1.98. The van der Waals surface area contributed by atoms with Gasteiger partial charge in [-0.2, -0.15) is 5.10 Å². The van der Waals surface area contributed by atoms with Crippen LogP contribution < -0.4 is 0 Å². The molecule has 0 saturated heterocycles. The molecule has 3 rings (SSSR count). The number of aromatic amines is 1. The van der Waals surface area contributed by atoms with Crippen LogP contribution in [0.2, 0.25) is 5.02 Å². The van der Waals surface area contributed by atoms with Crippen LogP contribution in [0.15, 0.2) is 47.0 Å². The van der Waals surface area contributed by atoms with Crippen molar-refractivity contribution in [1.29, 1.82) is 0 Å². The molecule has 0 aliphatic heterocycles. The number of benzene rings is 1. The minimum absolute atomic E-state index is 0.321. The summed E-state index contributed by atoms with van der Waals surface area (Å²) < 4.78 is 6.07. The van der Waals surface area contributed by atoms with Crippen LogP contribution in [-0.4, -0.2) is 15.2 Å². The van der Waals surface area contributed by atoms with Crippen molar-refractivity contribution in [3.63, 3.8) is 0 Å². The summed E-state index contributed by atoms with van der Waals surface area (Å²) in [5.41, 5.74) is 1.55. The Bertz CT molecular complexity index is 764. The average molecular weight is 290 g/mol. The van der Waals surface area contributed by atoms with Crippen molar-refractivity contribution in [3.05, 3.63) is 52.4 Å². The number of nitrogens with zero attached hydrogens (tertiary/aromatic N) is 2. The Balaban J connectivity index is 1.99. The van der Waals surface area contributed by atoms with E-state index in [4.69, 9.17) is 28.2 Å². The lowest BCUT2D eigenvalue weighted by Crippen LogP contribution is -1.88. The zero-order valence-electron chi connectivity index (χ0n) is 9.63. The molecule has 0 unspecified atom stereocenters. The van der Waals surface area contributed by atoms with Crippen LogP contribution in [0.5, 0.6) is 0 Å². The summed E-state index contributed by atoms with van der Waals surface area (Å²) in [5.74, 6) is 1.37. The van der Waals surface area contributed by atoms with E-state index in [1.807, 2.05) is 36.4 Å². The lowest BCUT2D eigenvalue weighted by atomic mass is 10.2. The molecular weight excluding hydrogens is 282 g/mol. The van der Waals surface area contributed by atoms with E-state index in [0.29, 0.717) is 21.2 Å². The van der Waals surface area contributed by atoms with E-state index in [2.05, 4.69) is 15.2 Å². The highest BCUT2D eigenvalue weighted by molar-refractivity contribution is 7.71. The number of furan rings is 1. The van der Waals surface area contributed by atoms with Crippen LogP contribution >= 0.6 is 23.8 Å². The van der Waals surface area contributed by atoms with E-state index in [9.17, 15) is 0 Å². The second-order valence-electron chi connectivity index (χ2n) is 3.84. The third kappa shape index (κ3) is 2.57. The molecule has 0 amide bonds. The van der Waals surface area contributed by atoms with E-state index in [0.717, 1.165) is 11.3 Å². The topological polar surface area (TPSA) is 54.7 Å². The second kappa shape index (κ2) is 4.95. The van der Waals surface area contributed by atoms with Crippen LogP contribution in [0.4, 0.5) is 0 Å². The first-order chi connectivity index (χ1) is 9.22. The summed E-state index contributed by atoms with van der Waals surface area (Å²) >= 11 is 10.8. The van der Waals surface area contributed by atoms with Gasteiger partial charge in [-0.15, -0.1) is 0 Å². The molecule has 0 spiro atoms. The van der Waals surface area contributed by atoms with Crippen LogP contribution in [0.25, 0.3) is 22.8 Å². The maximum absolute atomic E-state index is 5.85. The molecule has 0 saturated carbocycles. The monoisotopic (exact) mass is 289 g/mol. The van der Waals surface area contributed by atoms with Crippen LogP contribution in [0.3, 0.4) is 0 Å². The van der Waals surface area contributed by atoms with Crippen molar-refractivity contribution >= 4 is 23.8 Å². The fourth-order valence-electron chi connectivity index (χ4n) is 1.68. The number of aromatic nitrogens is 3. The molecule has 0 radical (unpaired) electrons. The van der Waals surface area contributed by atoms with Gasteiger partial charge in [0.25, 0.3) is 0 Å². The molecule has 94 valence electrons. The van der Waals surface area contributed by atoms with Gasteiger partial charge in [0, 0.05) is 10.6 Å². The van der Waals surface area contributed by atoms with Crippen molar-refractivity contribution in [2.75, 3.05) is 0 Å². The van der Waals surface area contributed by atoms with Gasteiger partial charge in [0.15, 0.2) is 5.76 Å². The van der Waals surface area contributed by atoms with Crippen molar-refractivity contribution in [2.45, 2.75) is 0 Å². The molecule has 0 atom stereocenters. The summed E-state index contributed by atoms with van der Waals surface area (Å²) in [7, 11) is 0. The highest BCUT2D eigenvalue weighted by atomic mass is 35.5. The van der Waals surface area contributed by atoms with Crippen molar-refractivity contribution in [3.8, 4) is 22.8 Å². The van der Waals surface area contributed by atoms with E-state index in [1.54, 1.807) is 6.20 Å². The summed E-state index contributed by atoms with van der Waals surface area (Å²) in [5, 5.41) is 7.16. The van der Waals surface area contributed by atoms with Gasteiger partial charge in [-0.25, -0.2) is 4.98 Å². The molecular formula is C13H8ClN3OS. The van der Waals surface area contributed by atoms with E-state index in [1.165, 1.54) is 0 Å². The Labute approximate surface area is 119 Å². The number of H-pyrrole nitrogens is 1. The number of nitrogens with one attached hydrogen (secondary N) is 1. The molecule has 0 bridgehead atoms. The Morgan fingerprint density at radius 3 is 2.53 bits per heavy atom. The molecule has 1 aromatic carbocycles. The first-order valence-corrected chi connectivity index (χ1v) is 6.29. The predicted molar refractivity (Wildman–Crippen MR) is 75.4 cm³/mol. The Morgan fingerprint density at radius 1 is 1.05 bits per heavy atom. The standard InChI is InChI=1S/C13H8ClN3OS/c14-9-3-1-8(2-4-9)11-5-6-12(18-11)10-7-15-17-13(19)16-10/h1-7H,(H,16,17,19). The highest BCUT2D eigenvalue weighted by Gasteiger charge is 2.08. The summed E-state index contributed by atoms with van der Waals surface area (Å²) in [4.78, 5) is 4.15. The first kappa shape index (κ1) is 12.1. The molecule has 0 aliphatic rings. The first-order valence-electron chi connectivity index (χ1n) is 5.50. The second-order valence-corrected chi connectivity index (χ2v) is 4.67. The summed E-state index contributed by atoms with van der Waals surface area (Å²) in [6.07, 6.45) is 1.57. The maximum Gasteiger partial charge on any atom is 0.214 e. The van der Waals surface area contributed by atoms with E-state index in [-0.39, 0.29) is 0 Å². The lowest BCUT2D eigenvalue weighted by molar-refractivity contribution is 0.593. The van der Waals surface area contributed by atoms with Gasteiger partial charge in [-0.05, 0) is 48.6 Å². The Kier molecular flexibility index (Phi) is 3.15. The zero-order valence-corrected chi connectivity index (χ0v) is 11.2. The molecule has 2 aromatic heterocycles. The maximum atomic E-state index is 5.85. The van der Waals surface area contributed by atoms with E-state index < -0.39 is 0 Å². The average Bonchev–Trinajstić information content (AvgIpc) is 2.89. The molecule has 2 heterocycles. The van der Waals surface area contributed by atoms with Gasteiger partial charge in [0.2, 0.25) is 4.77 Å². The third-order valence-corrected chi connectivity index (χ3v) is 2.99. The van der Waals surface area contributed by atoms with Gasteiger partial charge in [-0.3, -0.25) is 5.10 Å². The molecule has 3 aromatic rings. The van der Waals surface area contributed by atoms with Crippen molar-refractivity contribution < 1.29 is 4.42 Å². The quantitative estimate of drug-likeness (QED) is 0.721. The predicted octanol–water partition coefficient (Wildman–Crippen LogP) is 4.11. The SMILES string of the molecule is S=c1nc(-c2ccc(-c3ccc(Cl)cc3)o2)cn[nH]1. The van der Waals surface area contributed by atoms with Gasteiger partial charge >= 0.3 is 0 Å². The third-order valence-electron chi connectivity index (χ3n) is 2.56. The minimum atomic E-state index is 0.321. The van der Waals surface area contributed by atoms with Crippen LogP contribution in [0.1, 0.15) is 0 Å². The zero-order chi connectivity index (χ0) is 13.2. The molecule has 4 nitrogen and oxygen atoms in total. The Morgan fingerprint density at radius 2 is 1.79 bits per heavy atom. The summed E-state index contributed by atoms with van der Waals surface area (Å²) in [6.45, 7) is 0. The number of hydrogen-bond donors (Lipinski definition) is 1. The smallest absolute Gasteiger partial charge is 0.214 e. The number of hydrogen-bond acceptors (Lipinski definition) is 4. The molecule has 1 N–H and O–H groups in total. The molecule has 0 fully saturated rings. The normalized spacial score (nSPS) is 10.6. The fraction of sp³-hybridized carbons (Fsp3) is 0. The number of halogens is 1. The van der Waals surface area contributed by atoms with Crippen molar-refractivity contribution in [1.82, 2.24) is 15.2 Å². The lowest BCUT2D eigenvalue weighted by Gasteiger charge is -1.97. The van der Waals surface area contributed by atoms with Crippen LogP contribution in [-0.2, 0) is 0 Å². The molecule has 6 heteroatoms. The highest BCUT2D eigenvalue weighted by Crippen LogP contribution is 2.27. The van der Waals surface area contributed by atoms with E-state index >= 15 is 0 Å². The van der Waals surface area contributed by atoms with Gasteiger partial charge in [0.05, 0.1) is 6.20 Å². The van der Waals surface area contributed by atoms with Crippen molar-refractivity contribution in [2.24, 2.45) is 0 Å².